The van der Waals surface area contributed by atoms with Crippen molar-refractivity contribution in [1.82, 2.24) is 9.55 Å². The summed E-state index contributed by atoms with van der Waals surface area (Å²) in [6, 6.07) is 7.21. The molecule has 0 aliphatic rings. The zero-order valence-electron chi connectivity index (χ0n) is 10.5. The van der Waals surface area contributed by atoms with Crippen molar-refractivity contribution in [2.24, 2.45) is 0 Å². The maximum absolute atomic E-state index is 12.3. The van der Waals surface area contributed by atoms with Crippen molar-refractivity contribution in [3.05, 3.63) is 39.4 Å². The van der Waals surface area contributed by atoms with Gasteiger partial charge in [-0.1, -0.05) is 12.1 Å². The molecule has 0 bridgehead atoms. The van der Waals surface area contributed by atoms with E-state index in [-0.39, 0.29) is 17.9 Å². The summed E-state index contributed by atoms with van der Waals surface area (Å²) in [4.78, 5) is 26.3. The van der Waals surface area contributed by atoms with Crippen molar-refractivity contribution in [2.45, 2.75) is 19.4 Å². The largest absolute Gasteiger partial charge is 0.469 e. The highest BCUT2D eigenvalue weighted by Gasteiger charge is 2.06. The highest BCUT2D eigenvalue weighted by Crippen LogP contribution is 2.06. The Morgan fingerprint density at radius 2 is 2.16 bits per heavy atom. The number of methoxy groups -OCH3 is 1. The molecule has 1 aromatic heterocycles. The van der Waals surface area contributed by atoms with Crippen LogP contribution in [0, 0.1) is 4.77 Å². The first-order valence-electron chi connectivity index (χ1n) is 5.92. The van der Waals surface area contributed by atoms with E-state index < -0.39 is 0 Å². The average molecular weight is 278 g/mol. The Balaban J connectivity index is 2.31. The minimum atomic E-state index is -0.288. The van der Waals surface area contributed by atoms with Gasteiger partial charge in [-0.15, -0.1) is 0 Å². The lowest BCUT2D eigenvalue weighted by molar-refractivity contribution is -0.140. The molecule has 0 aliphatic heterocycles. The van der Waals surface area contributed by atoms with E-state index in [9.17, 15) is 9.59 Å². The summed E-state index contributed by atoms with van der Waals surface area (Å²) >= 11 is 5.17. The number of para-hydroxylation sites is 1. The van der Waals surface area contributed by atoms with Gasteiger partial charge in [-0.3, -0.25) is 14.2 Å². The number of H-pyrrole nitrogens is 1. The molecule has 0 fully saturated rings. The number of rotatable bonds is 4. The fourth-order valence-corrected chi connectivity index (χ4v) is 2.17. The Morgan fingerprint density at radius 3 is 2.89 bits per heavy atom. The Morgan fingerprint density at radius 1 is 1.42 bits per heavy atom. The number of nitrogens with one attached hydrogen (secondary N) is 1. The number of fused-ring (bicyclic) bond motifs is 1. The van der Waals surface area contributed by atoms with Crippen LogP contribution in [-0.4, -0.2) is 22.6 Å². The van der Waals surface area contributed by atoms with Crippen LogP contribution in [0.2, 0.25) is 0 Å². The van der Waals surface area contributed by atoms with E-state index in [0.29, 0.717) is 23.1 Å². The number of carbonyl (C=O) groups excluding carboxylic acids is 1. The first-order valence-corrected chi connectivity index (χ1v) is 6.33. The molecule has 1 N–H and O–H groups in total. The maximum Gasteiger partial charge on any atom is 0.305 e. The van der Waals surface area contributed by atoms with Gasteiger partial charge in [0.05, 0.1) is 18.0 Å². The molecule has 0 unspecified atom stereocenters. The number of esters is 1. The van der Waals surface area contributed by atoms with Crippen molar-refractivity contribution in [1.29, 1.82) is 0 Å². The van der Waals surface area contributed by atoms with Crippen molar-refractivity contribution >= 4 is 29.1 Å². The molecule has 2 aromatic rings. The molecule has 19 heavy (non-hydrogen) atoms. The number of benzene rings is 1. The lowest BCUT2D eigenvalue weighted by Gasteiger charge is -2.07. The number of carbonyl (C=O) groups is 1. The van der Waals surface area contributed by atoms with Gasteiger partial charge in [0, 0.05) is 13.0 Å². The maximum atomic E-state index is 12.3. The van der Waals surface area contributed by atoms with Crippen LogP contribution >= 0.6 is 12.2 Å². The summed E-state index contributed by atoms with van der Waals surface area (Å²) < 4.78 is 6.40. The number of ether oxygens (including phenoxy) is 1. The second-order valence-electron chi connectivity index (χ2n) is 4.11. The quantitative estimate of drug-likeness (QED) is 0.686. The molecule has 0 radical (unpaired) electrons. The second-order valence-corrected chi connectivity index (χ2v) is 4.50. The van der Waals surface area contributed by atoms with Crippen LogP contribution in [0.5, 0.6) is 0 Å². The minimum absolute atomic E-state index is 0.135. The third kappa shape index (κ3) is 2.90. The number of hydrogen-bond acceptors (Lipinski definition) is 4. The number of nitrogens with zero attached hydrogens (tertiary/aromatic N) is 1. The first kappa shape index (κ1) is 13.5. The van der Waals surface area contributed by atoms with Gasteiger partial charge >= 0.3 is 5.97 Å². The molecule has 1 heterocycles. The highest BCUT2D eigenvalue weighted by molar-refractivity contribution is 7.71. The van der Waals surface area contributed by atoms with E-state index in [1.807, 2.05) is 12.1 Å². The second kappa shape index (κ2) is 5.79. The Bertz CT molecular complexity index is 718. The van der Waals surface area contributed by atoms with Crippen LogP contribution in [0.15, 0.2) is 29.1 Å². The average Bonchev–Trinajstić information content (AvgIpc) is 2.42. The zero-order chi connectivity index (χ0) is 13.8. The zero-order valence-corrected chi connectivity index (χ0v) is 11.3. The third-order valence-corrected chi connectivity index (χ3v) is 3.20. The normalized spacial score (nSPS) is 10.6. The summed E-state index contributed by atoms with van der Waals surface area (Å²) in [5.74, 6) is -0.288. The van der Waals surface area contributed by atoms with Crippen LogP contribution < -0.4 is 5.56 Å². The first-order chi connectivity index (χ1) is 9.13. The van der Waals surface area contributed by atoms with Gasteiger partial charge in [-0.25, -0.2) is 0 Å². The Kier molecular flexibility index (Phi) is 4.11. The van der Waals surface area contributed by atoms with Gasteiger partial charge in [0.25, 0.3) is 5.56 Å². The van der Waals surface area contributed by atoms with Gasteiger partial charge in [0.15, 0.2) is 4.77 Å². The molecule has 100 valence electrons. The predicted octanol–water partition coefficient (Wildman–Crippen LogP) is 2.01. The van der Waals surface area contributed by atoms with Crippen molar-refractivity contribution in [3.63, 3.8) is 0 Å². The minimum Gasteiger partial charge on any atom is -0.469 e. The number of aromatic nitrogens is 2. The van der Waals surface area contributed by atoms with Crippen LogP contribution in [0.3, 0.4) is 0 Å². The van der Waals surface area contributed by atoms with Crippen molar-refractivity contribution in [3.8, 4) is 0 Å². The van der Waals surface area contributed by atoms with Crippen LogP contribution in [0.25, 0.3) is 10.9 Å². The summed E-state index contributed by atoms with van der Waals surface area (Å²) in [7, 11) is 1.34. The van der Waals surface area contributed by atoms with E-state index in [4.69, 9.17) is 12.2 Å². The van der Waals surface area contributed by atoms with E-state index in [2.05, 4.69) is 9.72 Å². The molecule has 0 atom stereocenters. The van der Waals surface area contributed by atoms with E-state index in [0.717, 1.165) is 5.52 Å². The monoisotopic (exact) mass is 278 g/mol. The van der Waals surface area contributed by atoms with Crippen molar-refractivity contribution in [2.75, 3.05) is 7.11 Å². The Hall–Kier alpha value is -1.95. The number of aromatic amines is 1. The van der Waals surface area contributed by atoms with Crippen LogP contribution in [0.1, 0.15) is 12.8 Å². The van der Waals surface area contributed by atoms with Gasteiger partial charge in [0.1, 0.15) is 0 Å². The molecule has 5 nitrogen and oxygen atoms in total. The Labute approximate surface area is 114 Å². The van der Waals surface area contributed by atoms with E-state index in [1.165, 1.54) is 11.7 Å². The van der Waals surface area contributed by atoms with Crippen molar-refractivity contribution < 1.29 is 9.53 Å². The molecule has 0 amide bonds. The molecular weight excluding hydrogens is 264 g/mol. The highest BCUT2D eigenvalue weighted by atomic mass is 32.1. The molecular formula is C13H14N2O3S. The summed E-state index contributed by atoms with van der Waals surface area (Å²) in [6.07, 6.45) is 0.785. The molecule has 0 aliphatic carbocycles. The van der Waals surface area contributed by atoms with Crippen LogP contribution in [0.4, 0.5) is 0 Å². The standard InChI is InChI=1S/C13H14N2O3S/c1-18-11(16)7-4-8-15-12(17)9-5-2-3-6-10(9)14-13(15)19/h2-3,5-6H,4,7-8H2,1H3,(H,14,19). The SMILES string of the molecule is COC(=O)CCCn1c(=S)[nH]c2ccccc2c1=O. The number of hydrogen-bond donors (Lipinski definition) is 1. The van der Waals surface area contributed by atoms with E-state index in [1.54, 1.807) is 12.1 Å². The van der Waals surface area contributed by atoms with Gasteiger partial charge in [-0.2, -0.15) is 0 Å². The topological polar surface area (TPSA) is 64.1 Å². The predicted molar refractivity (Wildman–Crippen MR) is 74.6 cm³/mol. The molecule has 1 aromatic carbocycles. The fraction of sp³-hybridized carbons (Fsp3) is 0.308. The molecule has 0 spiro atoms. The third-order valence-electron chi connectivity index (χ3n) is 2.88. The molecule has 0 saturated heterocycles. The lowest BCUT2D eigenvalue weighted by Crippen LogP contribution is -2.22. The van der Waals surface area contributed by atoms with Gasteiger partial charge < -0.3 is 9.72 Å². The van der Waals surface area contributed by atoms with Gasteiger partial charge in [0.2, 0.25) is 0 Å². The summed E-state index contributed by atoms with van der Waals surface area (Å²) in [5, 5.41) is 0.592. The van der Waals surface area contributed by atoms with Gasteiger partial charge in [-0.05, 0) is 30.8 Å². The molecule has 0 saturated carbocycles. The lowest BCUT2D eigenvalue weighted by atomic mass is 10.2. The fourth-order valence-electron chi connectivity index (χ4n) is 1.89. The molecule has 2 rings (SSSR count). The van der Waals surface area contributed by atoms with Crippen LogP contribution in [-0.2, 0) is 16.1 Å². The smallest absolute Gasteiger partial charge is 0.305 e. The summed E-state index contributed by atoms with van der Waals surface area (Å²) in [6.45, 7) is 0.397. The van der Waals surface area contributed by atoms with E-state index >= 15 is 0 Å². The summed E-state index contributed by atoms with van der Waals surface area (Å²) in [5.41, 5.74) is 0.589. The molecule has 6 heteroatoms.